The number of carbonyl (C=O) groups excluding carboxylic acids is 3. The number of benzene rings is 1. The van der Waals surface area contributed by atoms with E-state index in [2.05, 4.69) is 17.6 Å². The van der Waals surface area contributed by atoms with Crippen molar-refractivity contribution in [3.8, 4) is 0 Å². The molecule has 3 atom stereocenters. The number of fused-ring (bicyclic) bond motifs is 3. The van der Waals surface area contributed by atoms with E-state index in [1.54, 1.807) is 16.7 Å². The van der Waals surface area contributed by atoms with Crippen molar-refractivity contribution in [2.45, 2.75) is 57.5 Å². The molecule has 0 bridgehead atoms. The van der Waals surface area contributed by atoms with Gasteiger partial charge in [0.25, 0.3) is 5.91 Å². The molecule has 0 aromatic heterocycles. The zero-order chi connectivity index (χ0) is 20.3. The van der Waals surface area contributed by atoms with Crippen molar-refractivity contribution in [1.82, 2.24) is 15.5 Å². The number of amides is 3. The number of rotatable bonds is 8. The topological polar surface area (TPSA) is 78.5 Å². The Labute approximate surface area is 170 Å². The lowest BCUT2D eigenvalue weighted by atomic mass is 10.0. The minimum atomic E-state index is -0.599. The first-order chi connectivity index (χ1) is 13.5. The molecular weight excluding hydrogens is 374 g/mol. The SMILES string of the molecule is CCCCCNC(=O)[C@@H](NC(=O)[C@@H]1CSC2c3ccccc3C(=O)N21)C(C)C. The first-order valence-electron chi connectivity index (χ1n) is 10.1. The van der Waals surface area contributed by atoms with Gasteiger partial charge < -0.3 is 15.5 Å². The second kappa shape index (κ2) is 8.99. The summed E-state index contributed by atoms with van der Waals surface area (Å²) in [4.78, 5) is 40.0. The van der Waals surface area contributed by atoms with E-state index in [4.69, 9.17) is 0 Å². The molecule has 1 unspecified atom stereocenters. The van der Waals surface area contributed by atoms with Gasteiger partial charge in [-0.25, -0.2) is 0 Å². The number of nitrogens with one attached hydrogen (secondary N) is 2. The molecule has 7 heteroatoms. The van der Waals surface area contributed by atoms with Gasteiger partial charge in [0.1, 0.15) is 17.5 Å². The summed E-state index contributed by atoms with van der Waals surface area (Å²) in [6.45, 7) is 6.57. The highest BCUT2D eigenvalue weighted by Crippen LogP contribution is 2.48. The monoisotopic (exact) mass is 403 g/mol. The molecule has 2 heterocycles. The summed E-state index contributed by atoms with van der Waals surface area (Å²) < 4.78 is 0. The van der Waals surface area contributed by atoms with E-state index in [0.717, 1.165) is 24.8 Å². The van der Waals surface area contributed by atoms with Gasteiger partial charge in [-0.2, -0.15) is 0 Å². The van der Waals surface area contributed by atoms with Crippen molar-refractivity contribution in [2.75, 3.05) is 12.3 Å². The van der Waals surface area contributed by atoms with Crippen LogP contribution in [0.2, 0.25) is 0 Å². The second-order valence-electron chi connectivity index (χ2n) is 7.73. The third-order valence-corrected chi connectivity index (χ3v) is 6.63. The fourth-order valence-electron chi connectivity index (χ4n) is 3.72. The van der Waals surface area contributed by atoms with E-state index in [0.29, 0.717) is 17.9 Å². The third kappa shape index (κ3) is 4.04. The quantitative estimate of drug-likeness (QED) is 0.654. The van der Waals surface area contributed by atoms with Gasteiger partial charge in [-0.1, -0.05) is 51.8 Å². The van der Waals surface area contributed by atoms with Crippen LogP contribution >= 0.6 is 11.8 Å². The number of carbonyl (C=O) groups is 3. The van der Waals surface area contributed by atoms with E-state index in [1.807, 2.05) is 38.1 Å². The van der Waals surface area contributed by atoms with E-state index >= 15 is 0 Å². The Morgan fingerprint density at radius 1 is 1.25 bits per heavy atom. The van der Waals surface area contributed by atoms with Crippen molar-refractivity contribution in [3.63, 3.8) is 0 Å². The summed E-state index contributed by atoms with van der Waals surface area (Å²) in [6, 6.07) is 6.37. The maximum atomic E-state index is 13.0. The molecule has 3 rings (SSSR count). The molecule has 0 spiro atoms. The number of thioether (sulfide) groups is 1. The molecule has 28 heavy (non-hydrogen) atoms. The smallest absolute Gasteiger partial charge is 0.256 e. The molecule has 152 valence electrons. The van der Waals surface area contributed by atoms with Gasteiger partial charge in [-0.15, -0.1) is 11.8 Å². The average molecular weight is 404 g/mol. The van der Waals surface area contributed by atoms with Gasteiger partial charge in [0.2, 0.25) is 11.8 Å². The summed E-state index contributed by atoms with van der Waals surface area (Å²) in [6.07, 6.45) is 3.09. The van der Waals surface area contributed by atoms with Crippen LogP contribution in [0.3, 0.4) is 0 Å². The van der Waals surface area contributed by atoms with Crippen LogP contribution in [0.5, 0.6) is 0 Å². The normalized spacial score (nSPS) is 21.4. The van der Waals surface area contributed by atoms with Gasteiger partial charge in [-0.05, 0) is 24.0 Å². The van der Waals surface area contributed by atoms with Crippen LogP contribution in [0.4, 0.5) is 0 Å². The molecule has 2 N–H and O–H groups in total. The minimum absolute atomic E-state index is 0.0357. The summed E-state index contributed by atoms with van der Waals surface area (Å²) >= 11 is 1.60. The first kappa shape index (κ1) is 20.7. The summed E-state index contributed by atoms with van der Waals surface area (Å²) in [7, 11) is 0. The molecule has 0 saturated carbocycles. The number of unbranched alkanes of at least 4 members (excludes halogenated alkanes) is 2. The zero-order valence-electron chi connectivity index (χ0n) is 16.7. The van der Waals surface area contributed by atoms with Gasteiger partial charge in [0.15, 0.2) is 0 Å². The minimum Gasteiger partial charge on any atom is -0.354 e. The predicted octanol–water partition coefficient (Wildman–Crippen LogP) is 2.70. The van der Waals surface area contributed by atoms with Crippen LogP contribution in [0.1, 0.15) is 61.3 Å². The molecule has 1 saturated heterocycles. The molecule has 2 aliphatic heterocycles. The number of hydrogen-bond donors (Lipinski definition) is 2. The van der Waals surface area contributed by atoms with Crippen molar-refractivity contribution in [3.05, 3.63) is 35.4 Å². The van der Waals surface area contributed by atoms with Gasteiger partial charge >= 0.3 is 0 Å². The highest BCUT2D eigenvalue weighted by atomic mass is 32.2. The lowest BCUT2D eigenvalue weighted by molar-refractivity contribution is -0.131. The highest BCUT2D eigenvalue weighted by molar-refractivity contribution is 7.99. The molecule has 1 aromatic rings. The Hall–Kier alpha value is -2.02. The maximum Gasteiger partial charge on any atom is 0.256 e. The summed E-state index contributed by atoms with van der Waals surface area (Å²) in [5.74, 6) is -0.00181. The van der Waals surface area contributed by atoms with Crippen LogP contribution < -0.4 is 10.6 Å². The van der Waals surface area contributed by atoms with Crippen LogP contribution in [0.25, 0.3) is 0 Å². The Kier molecular flexibility index (Phi) is 6.65. The summed E-state index contributed by atoms with van der Waals surface area (Å²) in [5, 5.41) is 5.71. The Bertz CT molecular complexity index is 752. The Morgan fingerprint density at radius 2 is 2.00 bits per heavy atom. The number of nitrogens with zero attached hydrogens (tertiary/aromatic N) is 1. The van der Waals surface area contributed by atoms with Crippen LogP contribution in [-0.4, -0.2) is 47.0 Å². The molecule has 0 aliphatic carbocycles. The zero-order valence-corrected chi connectivity index (χ0v) is 17.6. The molecule has 1 fully saturated rings. The molecule has 1 aromatic carbocycles. The molecular formula is C21H29N3O3S. The lowest BCUT2D eigenvalue weighted by Crippen LogP contribution is -2.55. The third-order valence-electron chi connectivity index (χ3n) is 5.32. The molecule has 2 aliphatic rings. The fraction of sp³-hybridized carbons (Fsp3) is 0.571. The molecule has 3 amide bonds. The summed E-state index contributed by atoms with van der Waals surface area (Å²) in [5.41, 5.74) is 1.65. The fourth-order valence-corrected chi connectivity index (χ4v) is 5.19. The van der Waals surface area contributed by atoms with E-state index in [-0.39, 0.29) is 29.0 Å². The first-order valence-corrected chi connectivity index (χ1v) is 11.1. The lowest BCUT2D eigenvalue weighted by Gasteiger charge is -2.27. The Morgan fingerprint density at radius 3 is 2.71 bits per heavy atom. The number of hydrogen-bond acceptors (Lipinski definition) is 4. The van der Waals surface area contributed by atoms with Crippen LogP contribution in [0.15, 0.2) is 24.3 Å². The van der Waals surface area contributed by atoms with Crippen molar-refractivity contribution >= 4 is 29.5 Å². The standard InChI is InChI=1S/C21H29N3O3S/c1-4-5-8-11-22-19(26)17(13(2)3)23-18(25)16-12-28-21-15-10-7-6-9-14(15)20(27)24(16)21/h6-7,9-10,13,16-17,21H,4-5,8,11-12H2,1-3H3,(H,22,26)(H,23,25)/t16-,17-,21?/m0/s1. The van der Waals surface area contributed by atoms with E-state index < -0.39 is 12.1 Å². The largest absolute Gasteiger partial charge is 0.354 e. The predicted molar refractivity (Wildman–Crippen MR) is 111 cm³/mol. The van der Waals surface area contributed by atoms with E-state index in [9.17, 15) is 14.4 Å². The van der Waals surface area contributed by atoms with Gasteiger partial charge in [0.05, 0.1) is 0 Å². The second-order valence-corrected chi connectivity index (χ2v) is 8.84. The van der Waals surface area contributed by atoms with Crippen LogP contribution in [0, 0.1) is 5.92 Å². The Balaban J connectivity index is 1.65. The van der Waals surface area contributed by atoms with Crippen molar-refractivity contribution in [2.24, 2.45) is 5.92 Å². The molecule has 0 radical (unpaired) electrons. The van der Waals surface area contributed by atoms with Gasteiger partial charge in [-0.3, -0.25) is 14.4 Å². The van der Waals surface area contributed by atoms with Gasteiger partial charge in [0, 0.05) is 17.9 Å². The van der Waals surface area contributed by atoms with Crippen molar-refractivity contribution in [1.29, 1.82) is 0 Å². The average Bonchev–Trinajstić information content (AvgIpc) is 3.23. The van der Waals surface area contributed by atoms with Crippen molar-refractivity contribution < 1.29 is 14.4 Å². The van der Waals surface area contributed by atoms with E-state index in [1.165, 1.54) is 0 Å². The highest BCUT2D eigenvalue weighted by Gasteiger charge is 2.48. The molecule has 6 nitrogen and oxygen atoms in total. The van der Waals surface area contributed by atoms with Crippen LogP contribution in [-0.2, 0) is 9.59 Å². The maximum absolute atomic E-state index is 13.0.